The molecule has 2 aromatic heterocycles. The van der Waals surface area contributed by atoms with E-state index < -0.39 is 5.97 Å². The lowest BCUT2D eigenvalue weighted by molar-refractivity contribution is 0.0697. The number of hydrogen-bond donors (Lipinski definition) is 2. The van der Waals surface area contributed by atoms with Crippen molar-refractivity contribution < 1.29 is 9.90 Å². The molecule has 0 aliphatic rings. The van der Waals surface area contributed by atoms with Crippen molar-refractivity contribution >= 4 is 11.7 Å². The number of nitrogens with one attached hydrogen (secondary N) is 1. The van der Waals surface area contributed by atoms with Crippen molar-refractivity contribution in [2.24, 2.45) is 0 Å². The molecule has 19 heavy (non-hydrogen) atoms. The Balaban J connectivity index is 2.16. The summed E-state index contributed by atoms with van der Waals surface area (Å²) >= 11 is 0. The van der Waals surface area contributed by atoms with Gasteiger partial charge in [0, 0.05) is 18.1 Å². The topological polar surface area (TPSA) is 88.0 Å². The van der Waals surface area contributed by atoms with E-state index in [0.29, 0.717) is 12.2 Å². The van der Waals surface area contributed by atoms with Crippen LogP contribution in [0.2, 0.25) is 0 Å². The monoisotopic (exact) mass is 258 g/mol. The number of nitrogens with zero attached hydrogens (tertiary/aromatic N) is 3. The molecule has 0 saturated carbocycles. The number of aryl methyl sites for hydroxylation is 2. The standard InChI is InChI=1S/C13H14N4O2/c1-8-3-12(11(7-15-8)13(18)19)17-6-10-5-14-9(2)4-16-10/h3-5,7H,6H2,1-2H3,(H,15,17)(H,18,19). The highest BCUT2D eigenvalue weighted by Crippen LogP contribution is 2.16. The summed E-state index contributed by atoms with van der Waals surface area (Å²) in [7, 11) is 0. The van der Waals surface area contributed by atoms with Gasteiger partial charge in [-0.25, -0.2) is 4.79 Å². The van der Waals surface area contributed by atoms with Crippen LogP contribution >= 0.6 is 0 Å². The number of carboxylic acids is 1. The minimum Gasteiger partial charge on any atom is -0.478 e. The van der Waals surface area contributed by atoms with E-state index in [9.17, 15) is 4.79 Å². The van der Waals surface area contributed by atoms with Crippen molar-refractivity contribution in [2.45, 2.75) is 20.4 Å². The van der Waals surface area contributed by atoms with E-state index >= 15 is 0 Å². The van der Waals surface area contributed by atoms with Crippen LogP contribution in [0.4, 0.5) is 5.69 Å². The SMILES string of the molecule is Cc1cnc(CNc2cc(C)ncc2C(=O)O)cn1. The van der Waals surface area contributed by atoms with E-state index in [-0.39, 0.29) is 5.56 Å². The molecule has 2 N–H and O–H groups in total. The first-order valence-corrected chi connectivity index (χ1v) is 5.77. The molecule has 98 valence electrons. The largest absolute Gasteiger partial charge is 0.478 e. The molecule has 6 heteroatoms. The van der Waals surface area contributed by atoms with Gasteiger partial charge in [-0.05, 0) is 19.9 Å². The molecular weight excluding hydrogens is 244 g/mol. The zero-order chi connectivity index (χ0) is 13.8. The minimum absolute atomic E-state index is 0.144. The fourth-order valence-corrected chi connectivity index (χ4v) is 1.57. The molecular formula is C13H14N4O2. The van der Waals surface area contributed by atoms with Gasteiger partial charge in [0.05, 0.1) is 29.8 Å². The summed E-state index contributed by atoms with van der Waals surface area (Å²) in [4.78, 5) is 23.4. The van der Waals surface area contributed by atoms with Crippen molar-refractivity contribution in [3.63, 3.8) is 0 Å². The molecule has 0 aromatic carbocycles. The Labute approximate surface area is 110 Å². The van der Waals surface area contributed by atoms with Gasteiger partial charge < -0.3 is 10.4 Å². The Kier molecular flexibility index (Phi) is 3.70. The maximum atomic E-state index is 11.1. The van der Waals surface area contributed by atoms with E-state index in [1.54, 1.807) is 18.5 Å². The molecule has 0 radical (unpaired) electrons. The van der Waals surface area contributed by atoms with E-state index in [1.165, 1.54) is 6.20 Å². The molecule has 0 amide bonds. The van der Waals surface area contributed by atoms with Gasteiger partial charge in [0.25, 0.3) is 0 Å². The molecule has 0 atom stereocenters. The van der Waals surface area contributed by atoms with Crippen molar-refractivity contribution in [2.75, 3.05) is 5.32 Å². The van der Waals surface area contributed by atoms with Gasteiger partial charge in [-0.15, -0.1) is 0 Å². The van der Waals surface area contributed by atoms with Gasteiger partial charge >= 0.3 is 5.97 Å². The van der Waals surface area contributed by atoms with Crippen LogP contribution in [-0.4, -0.2) is 26.0 Å². The quantitative estimate of drug-likeness (QED) is 0.869. The normalized spacial score (nSPS) is 10.2. The summed E-state index contributed by atoms with van der Waals surface area (Å²) in [5.74, 6) is -1.01. The van der Waals surface area contributed by atoms with Crippen molar-refractivity contribution in [1.82, 2.24) is 15.0 Å². The number of rotatable bonds is 4. The van der Waals surface area contributed by atoms with Crippen molar-refractivity contribution in [3.05, 3.63) is 47.3 Å². The second kappa shape index (κ2) is 5.43. The average molecular weight is 258 g/mol. The van der Waals surface area contributed by atoms with E-state index in [4.69, 9.17) is 5.11 Å². The third-order valence-electron chi connectivity index (χ3n) is 2.57. The smallest absolute Gasteiger partial charge is 0.339 e. The molecule has 0 unspecified atom stereocenters. The second-order valence-corrected chi connectivity index (χ2v) is 4.18. The van der Waals surface area contributed by atoms with Gasteiger partial charge in [0.1, 0.15) is 5.56 Å². The molecule has 0 aliphatic heterocycles. The summed E-state index contributed by atoms with van der Waals surface area (Å²) < 4.78 is 0. The predicted molar refractivity (Wildman–Crippen MR) is 70.0 cm³/mol. The first kappa shape index (κ1) is 12.9. The lowest BCUT2D eigenvalue weighted by Crippen LogP contribution is -2.08. The zero-order valence-electron chi connectivity index (χ0n) is 10.7. The number of hydrogen-bond acceptors (Lipinski definition) is 5. The first-order valence-electron chi connectivity index (χ1n) is 5.77. The third kappa shape index (κ3) is 3.25. The molecule has 0 aliphatic carbocycles. The lowest BCUT2D eigenvalue weighted by atomic mass is 10.2. The number of aromatic carboxylic acids is 1. The highest BCUT2D eigenvalue weighted by atomic mass is 16.4. The number of carbonyl (C=O) groups is 1. The highest BCUT2D eigenvalue weighted by Gasteiger charge is 2.10. The van der Waals surface area contributed by atoms with Gasteiger partial charge in [-0.1, -0.05) is 0 Å². The van der Waals surface area contributed by atoms with Crippen LogP contribution in [0.15, 0.2) is 24.7 Å². The summed E-state index contributed by atoms with van der Waals surface area (Å²) in [6, 6.07) is 1.70. The van der Waals surface area contributed by atoms with Crippen molar-refractivity contribution in [1.29, 1.82) is 0 Å². The average Bonchev–Trinajstić information content (AvgIpc) is 2.38. The number of aromatic nitrogens is 3. The van der Waals surface area contributed by atoms with Crippen LogP contribution in [-0.2, 0) is 6.54 Å². The van der Waals surface area contributed by atoms with Gasteiger partial charge in [-0.3, -0.25) is 15.0 Å². The molecule has 2 aromatic rings. The Morgan fingerprint density at radius 3 is 2.53 bits per heavy atom. The van der Waals surface area contributed by atoms with Crippen LogP contribution < -0.4 is 5.32 Å². The maximum absolute atomic E-state index is 11.1. The van der Waals surface area contributed by atoms with Crippen LogP contribution in [0.25, 0.3) is 0 Å². The zero-order valence-corrected chi connectivity index (χ0v) is 10.7. The van der Waals surface area contributed by atoms with Crippen LogP contribution in [0.5, 0.6) is 0 Å². The molecule has 2 heterocycles. The van der Waals surface area contributed by atoms with E-state index in [2.05, 4.69) is 20.3 Å². The van der Waals surface area contributed by atoms with Crippen molar-refractivity contribution in [3.8, 4) is 0 Å². The summed E-state index contributed by atoms with van der Waals surface area (Å²) in [6.07, 6.45) is 4.69. The summed E-state index contributed by atoms with van der Waals surface area (Å²) in [6.45, 7) is 4.08. The Morgan fingerprint density at radius 2 is 1.89 bits per heavy atom. The minimum atomic E-state index is -1.01. The lowest BCUT2D eigenvalue weighted by Gasteiger charge is -2.09. The van der Waals surface area contributed by atoms with Crippen LogP contribution in [0.3, 0.4) is 0 Å². The maximum Gasteiger partial charge on any atom is 0.339 e. The highest BCUT2D eigenvalue weighted by molar-refractivity contribution is 5.93. The second-order valence-electron chi connectivity index (χ2n) is 4.18. The number of pyridine rings is 1. The van der Waals surface area contributed by atoms with Crippen LogP contribution in [0.1, 0.15) is 27.4 Å². The van der Waals surface area contributed by atoms with E-state index in [0.717, 1.165) is 17.1 Å². The molecule has 0 bridgehead atoms. The molecule has 0 spiro atoms. The first-order chi connectivity index (χ1) is 9.06. The van der Waals surface area contributed by atoms with Gasteiger partial charge in [0.2, 0.25) is 0 Å². The molecule has 2 rings (SSSR count). The Morgan fingerprint density at radius 1 is 1.16 bits per heavy atom. The fourth-order valence-electron chi connectivity index (χ4n) is 1.57. The Bertz CT molecular complexity index is 596. The summed E-state index contributed by atoms with van der Waals surface area (Å²) in [5, 5.41) is 12.1. The predicted octanol–water partition coefficient (Wildman–Crippen LogP) is 1.80. The molecule has 6 nitrogen and oxygen atoms in total. The van der Waals surface area contributed by atoms with E-state index in [1.807, 2.05) is 13.8 Å². The summed E-state index contributed by atoms with van der Waals surface area (Å²) in [5.41, 5.74) is 3.02. The number of carboxylic acid groups (broad SMARTS) is 1. The van der Waals surface area contributed by atoms with Gasteiger partial charge in [0.15, 0.2) is 0 Å². The van der Waals surface area contributed by atoms with Gasteiger partial charge in [-0.2, -0.15) is 0 Å². The number of anilines is 1. The Hall–Kier alpha value is -2.50. The molecule has 0 saturated heterocycles. The van der Waals surface area contributed by atoms with Crippen LogP contribution in [0, 0.1) is 13.8 Å². The fraction of sp³-hybridized carbons (Fsp3) is 0.231. The third-order valence-corrected chi connectivity index (χ3v) is 2.57. The molecule has 0 fully saturated rings.